The first kappa shape index (κ1) is 12.6. The second-order valence-electron chi connectivity index (χ2n) is 3.83. The molecule has 0 aromatic heterocycles. The SMILES string of the molecule is CCCNC(=O)Nc1ccc(CCC)cc1. The molecule has 0 fully saturated rings. The lowest BCUT2D eigenvalue weighted by atomic mass is 10.1. The molecule has 2 amide bonds. The molecule has 16 heavy (non-hydrogen) atoms. The molecule has 0 aliphatic rings. The van der Waals surface area contributed by atoms with Crippen molar-refractivity contribution in [2.45, 2.75) is 33.1 Å². The predicted molar refractivity (Wildman–Crippen MR) is 67.7 cm³/mol. The Balaban J connectivity index is 2.45. The van der Waals surface area contributed by atoms with E-state index in [0.717, 1.165) is 24.9 Å². The van der Waals surface area contributed by atoms with Crippen LogP contribution in [0.1, 0.15) is 32.3 Å². The maximum atomic E-state index is 11.4. The van der Waals surface area contributed by atoms with Gasteiger partial charge in [-0.25, -0.2) is 4.79 Å². The van der Waals surface area contributed by atoms with Crippen LogP contribution in [0.5, 0.6) is 0 Å². The molecular formula is C13H20N2O. The van der Waals surface area contributed by atoms with Crippen molar-refractivity contribution in [1.82, 2.24) is 5.32 Å². The Labute approximate surface area is 97.2 Å². The number of anilines is 1. The van der Waals surface area contributed by atoms with Crippen LogP contribution < -0.4 is 10.6 Å². The fourth-order valence-electron chi connectivity index (χ4n) is 1.46. The third kappa shape index (κ3) is 4.34. The van der Waals surface area contributed by atoms with E-state index in [9.17, 15) is 4.79 Å². The van der Waals surface area contributed by atoms with Crippen LogP contribution in [0.4, 0.5) is 10.5 Å². The molecule has 0 spiro atoms. The molecule has 0 saturated heterocycles. The van der Waals surface area contributed by atoms with Crippen molar-refractivity contribution in [1.29, 1.82) is 0 Å². The molecule has 1 aromatic rings. The van der Waals surface area contributed by atoms with Crippen LogP contribution in [0.3, 0.4) is 0 Å². The van der Waals surface area contributed by atoms with E-state index in [1.165, 1.54) is 5.56 Å². The number of urea groups is 1. The Morgan fingerprint density at radius 1 is 1.12 bits per heavy atom. The molecule has 3 heteroatoms. The Bertz CT molecular complexity index is 319. The predicted octanol–water partition coefficient (Wildman–Crippen LogP) is 3.17. The van der Waals surface area contributed by atoms with E-state index in [1.807, 2.05) is 19.1 Å². The molecule has 0 aliphatic carbocycles. The van der Waals surface area contributed by atoms with Gasteiger partial charge in [0.15, 0.2) is 0 Å². The minimum Gasteiger partial charge on any atom is -0.338 e. The van der Waals surface area contributed by atoms with Crippen molar-refractivity contribution in [2.24, 2.45) is 0 Å². The molecule has 0 bridgehead atoms. The fraction of sp³-hybridized carbons (Fsp3) is 0.462. The summed E-state index contributed by atoms with van der Waals surface area (Å²) in [6, 6.07) is 7.86. The largest absolute Gasteiger partial charge is 0.338 e. The standard InChI is InChI=1S/C13H20N2O/c1-3-5-11-6-8-12(9-7-11)15-13(16)14-10-4-2/h6-9H,3-5,10H2,1-2H3,(H2,14,15,16). The van der Waals surface area contributed by atoms with Gasteiger partial charge in [-0.3, -0.25) is 0 Å². The van der Waals surface area contributed by atoms with Gasteiger partial charge in [-0.2, -0.15) is 0 Å². The van der Waals surface area contributed by atoms with Crippen LogP contribution in [-0.2, 0) is 6.42 Å². The average Bonchev–Trinajstić information content (AvgIpc) is 2.29. The van der Waals surface area contributed by atoms with Gasteiger partial charge < -0.3 is 10.6 Å². The van der Waals surface area contributed by atoms with Gasteiger partial charge in [0, 0.05) is 12.2 Å². The first-order chi connectivity index (χ1) is 7.76. The number of hydrogen-bond donors (Lipinski definition) is 2. The Hall–Kier alpha value is -1.51. The van der Waals surface area contributed by atoms with E-state index in [4.69, 9.17) is 0 Å². The van der Waals surface area contributed by atoms with Crippen LogP contribution >= 0.6 is 0 Å². The number of nitrogens with one attached hydrogen (secondary N) is 2. The van der Waals surface area contributed by atoms with Crippen LogP contribution in [0, 0.1) is 0 Å². The highest BCUT2D eigenvalue weighted by Gasteiger charge is 1.99. The maximum Gasteiger partial charge on any atom is 0.319 e. The van der Waals surface area contributed by atoms with Crippen LogP contribution in [-0.4, -0.2) is 12.6 Å². The highest BCUT2D eigenvalue weighted by atomic mass is 16.2. The molecule has 1 aromatic carbocycles. The molecule has 3 nitrogen and oxygen atoms in total. The zero-order valence-corrected chi connectivity index (χ0v) is 10.0. The highest BCUT2D eigenvalue weighted by molar-refractivity contribution is 5.89. The number of aryl methyl sites for hydroxylation is 1. The van der Waals surface area contributed by atoms with Crippen molar-refractivity contribution in [3.8, 4) is 0 Å². The average molecular weight is 220 g/mol. The van der Waals surface area contributed by atoms with Crippen molar-refractivity contribution in [3.05, 3.63) is 29.8 Å². The van der Waals surface area contributed by atoms with Gasteiger partial charge in [-0.05, 0) is 30.5 Å². The van der Waals surface area contributed by atoms with E-state index < -0.39 is 0 Å². The zero-order chi connectivity index (χ0) is 11.8. The van der Waals surface area contributed by atoms with Crippen LogP contribution in [0.25, 0.3) is 0 Å². The number of carbonyl (C=O) groups excluding carboxylic acids is 1. The zero-order valence-electron chi connectivity index (χ0n) is 10.0. The molecule has 0 saturated carbocycles. The number of amides is 2. The Morgan fingerprint density at radius 3 is 2.38 bits per heavy atom. The summed E-state index contributed by atoms with van der Waals surface area (Å²) in [7, 11) is 0. The highest BCUT2D eigenvalue weighted by Crippen LogP contribution is 2.10. The van der Waals surface area contributed by atoms with Gasteiger partial charge in [-0.15, -0.1) is 0 Å². The first-order valence-electron chi connectivity index (χ1n) is 5.90. The van der Waals surface area contributed by atoms with Crippen molar-refractivity contribution < 1.29 is 4.79 Å². The van der Waals surface area contributed by atoms with E-state index in [2.05, 4.69) is 29.7 Å². The van der Waals surface area contributed by atoms with Crippen molar-refractivity contribution in [2.75, 3.05) is 11.9 Å². The van der Waals surface area contributed by atoms with E-state index in [1.54, 1.807) is 0 Å². The van der Waals surface area contributed by atoms with Gasteiger partial charge in [-0.1, -0.05) is 32.4 Å². The summed E-state index contributed by atoms with van der Waals surface area (Å²) >= 11 is 0. The van der Waals surface area contributed by atoms with E-state index in [-0.39, 0.29) is 6.03 Å². The van der Waals surface area contributed by atoms with E-state index >= 15 is 0 Å². The molecule has 0 aliphatic heterocycles. The van der Waals surface area contributed by atoms with Gasteiger partial charge in [0.2, 0.25) is 0 Å². The monoisotopic (exact) mass is 220 g/mol. The number of hydrogen-bond acceptors (Lipinski definition) is 1. The topological polar surface area (TPSA) is 41.1 Å². The summed E-state index contributed by atoms with van der Waals surface area (Å²) in [5.41, 5.74) is 2.15. The summed E-state index contributed by atoms with van der Waals surface area (Å²) in [6.07, 6.45) is 3.18. The van der Waals surface area contributed by atoms with Crippen LogP contribution in [0.2, 0.25) is 0 Å². The fourth-order valence-corrected chi connectivity index (χ4v) is 1.46. The third-order valence-electron chi connectivity index (χ3n) is 2.29. The van der Waals surface area contributed by atoms with Crippen molar-refractivity contribution in [3.63, 3.8) is 0 Å². The van der Waals surface area contributed by atoms with Crippen molar-refractivity contribution >= 4 is 11.7 Å². The molecule has 2 N–H and O–H groups in total. The molecular weight excluding hydrogens is 200 g/mol. The van der Waals surface area contributed by atoms with Gasteiger partial charge in [0.05, 0.1) is 0 Å². The molecule has 88 valence electrons. The van der Waals surface area contributed by atoms with Gasteiger partial charge in [0.1, 0.15) is 0 Å². The first-order valence-corrected chi connectivity index (χ1v) is 5.90. The second kappa shape index (κ2) is 6.88. The quantitative estimate of drug-likeness (QED) is 0.786. The van der Waals surface area contributed by atoms with Gasteiger partial charge in [0.25, 0.3) is 0 Å². The normalized spacial score (nSPS) is 9.88. The molecule has 0 unspecified atom stereocenters. The lowest BCUT2D eigenvalue weighted by molar-refractivity contribution is 0.252. The lowest BCUT2D eigenvalue weighted by Crippen LogP contribution is -2.29. The number of benzene rings is 1. The third-order valence-corrected chi connectivity index (χ3v) is 2.29. The Kier molecular flexibility index (Phi) is 5.40. The maximum absolute atomic E-state index is 11.4. The van der Waals surface area contributed by atoms with Crippen LogP contribution in [0.15, 0.2) is 24.3 Å². The van der Waals surface area contributed by atoms with E-state index in [0.29, 0.717) is 6.54 Å². The van der Waals surface area contributed by atoms with Gasteiger partial charge >= 0.3 is 6.03 Å². The smallest absolute Gasteiger partial charge is 0.319 e. The summed E-state index contributed by atoms with van der Waals surface area (Å²) in [4.78, 5) is 11.4. The molecule has 0 radical (unpaired) electrons. The summed E-state index contributed by atoms with van der Waals surface area (Å²) < 4.78 is 0. The molecule has 0 heterocycles. The summed E-state index contributed by atoms with van der Waals surface area (Å²) in [5, 5.41) is 5.57. The Morgan fingerprint density at radius 2 is 1.81 bits per heavy atom. The number of rotatable bonds is 5. The summed E-state index contributed by atoms with van der Waals surface area (Å²) in [6.45, 7) is 4.89. The number of carbonyl (C=O) groups is 1. The molecule has 0 atom stereocenters. The lowest BCUT2D eigenvalue weighted by Gasteiger charge is -2.07. The summed E-state index contributed by atoms with van der Waals surface area (Å²) in [5.74, 6) is 0. The minimum atomic E-state index is -0.134. The molecule has 1 rings (SSSR count). The minimum absolute atomic E-state index is 0.134. The second-order valence-corrected chi connectivity index (χ2v) is 3.83.